The van der Waals surface area contributed by atoms with Crippen LogP contribution in [0.3, 0.4) is 0 Å². The first-order chi connectivity index (χ1) is 7.11. The van der Waals surface area contributed by atoms with E-state index in [1.54, 1.807) is 19.1 Å². The SMILES string of the molecule is Cc1ccc2c(O)ncnc2c1[N+](=O)[O-]. The van der Waals surface area contributed by atoms with E-state index in [0.29, 0.717) is 5.56 Å². The van der Waals surface area contributed by atoms with Gasteiger partial charge >= 0.3 is 0 Å². The van der Waals surface area contributed by atoms with Gasteiger partial charge in [-0.05, 0) is 13.0 Å². The van der Waals surface area contributed by atoms with Crippen molar-refractivity contribution in [3.05, 3.63) is 34.1 Å². The molecule has 6 nitrogen and oxygen atoms in total. The summed E-state index contributed by atoms with van der Waals surface area (Å²) in [7, 11) is 0. The van der Waals surface area contributed by atoms with E-state index in [-0.39, 0.29) is 22.5 Å². The van der Waals surface area contributed by atoms with E-state index in [1.807, 2.05) is 0 Å². The Bertz CT molecular complexity index is 554. The number of nitrogens with zero attached hydrogens (tertiary/aromatic N) is 3. The zero-order chi connectivity index (χ0) is 11.0. The lowest BCUT2D eigenvalue weighted by atomic mass is 10.1. The topological polar surface area (TPSA) is 89.2 Å². The van der Waals surface area contributed by atoms with Crippen molar-refractivity contribution in [2.45, 2.75) is 6.92 Å². The number of hydrogen-bond donors (Lipinski definition) is 1. The molecule has 0 amide bonds. The first-order valence-corrected chi connectivity index (χ1v) is 4.19. The molecule has 0 aliphatic heterocycles. The van der Waals surface area contributed by atoms with E-state index in [2.05, 4.69) is 9.97 Å². The number of aromatic nitrogens is 2. The molecule has 0 saturated carbocycles. The molecule has 0 bridgehead atoms. The molecule has 0 aliphatic carbocycles. The zero-order valence-electron chi connectivity index (χ0n) is 7.84. The molecule has 0 radical (unpaired) electrons. The molecular weight excluding hydrogens is 198 g/mol. The van der Waals surface area contributed by atoms with Gasteiger partial charge in [0, 0.05) is 5.56 Å². The molecule has 1 heterocycles. The fraction of sp³-hybridized carbons (Fsp3) is 0.111. The van der Waals surface area contributed by atoms with Crippen LogP contribution in [0, 0.1) is 17.0 Å². The monoisotopic (exact) mass is 205 g/mol. The van der Waals surface area contributed by atoms with E-state index in [4.69, 9.17) is 0 Å². The van der Waals surface area contributed by atoms with Gasteiger partial charge in [-0.3, -0.25) is 10.1 Å². The second kappa shape index (κ2) is 3.16. The van der Waals surface area contributed by atoms with Crippen LogP contribution in [0.2, 0.25) is 0 Å². The molecule has 1 aromatic heterocycles. The fourth-order valence-electron chi connectivity index (χ4n) is 1.43. The summed E-state index contributed by atoms with van der Waals surface area (Å²) < 4.78 is 0. The minimum atomic E-state index is -0.510. The molecule has 76 valence electrons. The van der Waals surface area contributed by atoms with Gasteiger partial charge in [0.2, 0.25) is 5.88 Å². The van der Waals surface area contributed by atoms with Gasteiger partial charge in [-0.15, -0.1) is 0 Å². The van der Waals surface area contributed by atoms with Crippen LogP contribution in [-0.4, -0.2) is 20.0 Å². The van der Waals surface area contributed by atoms with E-state index in [1.165, 1.54) is 0 Å². The van der Waals surface area contributed by atoms with E-state index in [0.717, 1.165) is 6.33 Å². The second-order valence-corrected chi connectivity index (χ2v) is 3.08. The van der Waals surface area contributed by atoms with Gasteiger partial charge in [0.1, 0.15) is 6.33 Å². The molecule has 2 rings (SSSR count). The van der Waals surface area contributed by atoms with Crippen LogP contribution in [0.25, 0.3) is 10.9 Å². The average molecular weight is 205 g/mol. The fourth-order valence-corrected chi connectivity index (χ4v) is 1.43. The van der Waals surface area contributed by atoms with Crippen molar-refractivity contribution < 1.29 is 10.0 Å². The van der Waals surface area contributed by atoms with Crippen molar-refractivity contribution in [2.75, 3.05) is 0 Å². The minimum absolute atomic E-state index is 0.0924. The maximum atomic E-state index is 10.8. The van der Waals surface area contributed by atoms with E-state index in [9.17, 15) is 15.2 Å². The summed E-state index contributed by atoms with van der Waals surface area (Å²) in [6.07, 6.45) is 1.10. The zero-order valence-corrected chi connectivity index (χ0v) is 7.84. The molecule has 0 spiro atoms. The molecule has 15 heavy (non-hydrogen) atoms. The standard InChI is InChI=1S/C9H7N3O3/c1-5-2-3-6-7(8(5)12(14)15)10-4-11-9(6)13/h2-4H,1H3,(H,10,11,13). The van der Waals surface area contributed by atoms with Gasteiger partial charge in [0.05, 0.1) is 10.3 Å². The maximum absolute atomic E-state index is 10.8. The van der Waals surface area contributed by atoms with Crippen molar-refractivity contribution in [3.63, 3.8) is 0 Å². The Labute approximate surface area is 84.4 Å². The maximum Gasteiger partial charge on any atom is 0.298 e. The molecule has 0 atom stereocenters. The van der Waals surface area contributed by atoms with Gasteiger partial charge in [0.15, 0.2) is 5.52 Å². The summed E-state index contributed by atoms with van der Waals surface area (Å²) >= 11 is 0. The average Bonchev–Trinajstić information content (AvgIpc) is 2.17. The summed E-state index contributed by atoms with van der Waals surface area (Å²) in [5.41, 5.74) is 0.573. The molecule has 0 aliphatic rings. The number of nitro groups is 1. The predicted molar refractivity (Wildman–Crippen MR) is 52.6 cm³/mol. The van der Waals surface area contributed by atoms with Gasteiger partial charge in [-0.2, -0.15) is 0 Å². The number of hydrogen-bond acceptors (Lipinski definition) is 5. The van der Waals surface area contributed by atoms with Crippen LogP contribution in [0.5, 0.6) is 5.88 Å². The Morgan fingerprint density at radius 3 is 2.80 bits per heavy atom. The van der Waals surface area contributed by atoms with Gasteiger partial charge in [-0.1, -0.05) is 6.07 Å². The van der Waals surface area contributed by atoms with Crippen molar-refractivity contribution in [1.82, 2.24) is 9.97 Å². The van der Waals surface area contributed by atoms with Crippen molar-refractivity contribution >= 4 is 16.6 Å². The molecule has 0 fully saturated rings. The number of rotatable bonds is 1. The van der Waals surface area contributed by atoms with Crippen molar-refractivity contribution in [2.24, 2.45) is 0 Å². The third kappa shape index (κ3) is 1.35. The highest BCUT2D eigenvalue weighted by atomic mass is 16.6. The normalized spacial score (nSPS) is 10.5. The Kier molecular flexibility index (Phi) is 1.96. The molecular formula is C9H7N3O3. The van der Waals surface area contributed by atoms with Crippen LogP contribution in [0.4, 0.5) is 5.69 Å². The molecule has 6 heteroatoms. The molecule has 1 aromatic carbocycles. The minimum Gasteiger partial charge on any atom is -0.493 e. The Hall–Kier alpha value is -2.24. The number of fused-ring (bicyclic) bond motifs is 1. The highest BCUT2D eigenvalue weighted by molar-refractivity contribution is 5.91. The smallest absolute Gasteiger partial charge is 0.298 e. The molecule has 0 saturated heterocycles. The van der Waals surface area contributed by atoms with Crippen LogP contribution < -0.4 is 0 Å². The summed E-state index contributed by atoms with van der Waals surface area (Å²) in [6, 6.07) is 3.12. The highest BCUT2D eigenvalue weighted by Gasteiger charge is 2.18. The number of nitro benzene ring substituents is 1. The third-order valence-electron chi connectivity index (χ3n) is 2.14. The summed E-state index contributed by atoms with van der Waals surface area (Å²) in [6.45, 7) is 1.62. The lowest BCUT2D eigenvalue weighted by molar-refractivity contribution is -0.383. The molecule has 2 aromatic rings. The predicted octanol–water partition coefficient (Wildman–Crippen LogP) is 1.55. The second-order valence-electron chi connectivity index (χ2n) is 3.08. The van der Waals surface area contributed by atoms with Crippen LogP contribution >= 0.6 is 0 Å². The summed E-state index contributed by atoms with van der Waals surface area (Å²) in [5, 5.41) is 20.5. The molecule has 0 unspecified atom stereocenters. The van der Waals surface area contributed by atoms with Crippen LogP contribution in [0.15, 0.2) is 18.5 Å². The number of aryl methyl sites for hydroxylation is 1. The Balaban J connectivity index is 2.94. The van der Waals surface area contributed by atoms with E-state index < -0.39 is 4.92 Å². The third-order valence-corrected chi connectivity index (χ3v) is 2.14. The number of benzene rings is 1. The Morgan fingerprint density at radius 1 is 1.40 bits per heavy atom. The van der Waals surface area contributed by atoms with Gasteiger partial charge < -0.3 is 5.11 Å². The Morgan fingerprint density at radius 2 is 2.13 bits per heavy atom. The number of aromatic hydroxyl groups is 1. The highest BCUT2D eigenvalue weighted by Crippen LogP contribution is 2.30. The van der Waals surface area contributed by atoms with E-state index >= 15 is 0 Å². The van der Waals surface area contributed by atoms with Crippen LogP contribution in [-0.2, 0) is 0 Å². The first-order valence-electron chi connectivity index (χ1n) is 4.19. The lowest BCUT2D eigenvalue weighted by Gasteiger charge is -2.01. The largest absolute Gasteiger partial charge is 0.493 e. The van der Waals surface area contributed by atoms with Gasteiger partial charge in [-0.25, -0.2) is 9.97 Å². The lowest BCUT2D eigenvalue weighted by Crippen LogP contribution is -1.95. The van der Waals surface area contributed by atoms with Crippen molar-refractivity contribution in [3.8, 4) is 5.88 Å². The molecule has 1 N–H and O–H groups in total. The van der Waals surface area contributed by atoms with Crippen LogP contribution in [0.1, 0.15) is 5.56 Å². The summed E-state index contributed by atoms with van der Waals surface area (Å²) in [4.78, 5) is 17.7. The van der Waals surface area contributed by atoms with Crippen molar-refractivity contribution in [1.29, 1.82) is 0 Å². The van der Waals surface area contributed by atoms with Gasteiger partial charge in [0.25, 0.3) is 5.69 Å². The summed E-state index contributed by atoms with van der Waals surface area (Å²) in [5.74, 6) is -0.247. The first kappa shape index (κ1) is 9.32. The quantitative estimate of drug-likeness (QED) is 0.563.